The molecule has 1 atom stereocenters. The first-order valence-electron chi connectivity index (χ1n) is 6.08. The lowest BCUT2D eigenvalue weighted by Gasteiger charge is -2.17. The molecule has 0 aliphatic heterocycles. The standard InChI is InChI=1S/C15H12F2N2S/c16-9-5-6-13(17)11(7-9)15(19-18)12-8-20-14-4-2-1-3-10(12)14/h1-8,15,19H,18H2. The van der Waals surface area contributed by atoms with E-state index in [1.165, 1.54) is 6.07 Å². The van der Waals surface area contributed by atoms with Crippen LogP contribution in [0.2, 0.25) is 0 Å². The maximum Gasteiger partial charge on any atom is 0.128 e. The van der Waals surface area contributed by atoms with Crippen molar-refractivity contribution in [1.82, 2.24) is 5.43 Å². The fraction of sp³-hybridized carbons (Fsp3) is 0.0667. The molecule has 0 saturated carbocycles. The number of nitrogens with one attached hydrogen (secondary N) is 1. The monoisotopic (exact) mass is 290 g/mol. The molecule has 0 aliphatic rings. The van der Waals surface area contributed by atoms with Gasteiger partial charge in [-0.2, -0.15) is 0 Å². The van der Waals surface area contributed by atoms with Crippen molar-refractivity contribution in [3.63, 3.8) is 0 Å². The Morgan fingerprint density at radius 3 is 2.65 bits per heavy atom. The van der Waals surface area contributed by atoms with Crippen molar-refractivity contribution in [3.8, 4) is 0 Å². The lowest BCUT2D eigenvalue weighted by molar-refractivity contribution is 0.547. The molecule has 5 heteroatoms. The summed E-state index contributed by atoms with van der Waals surface area (Å²) in [6.45, 7) is 0. The van der Waals surface area contributed by atoms with E-state index >= 15 is 0 Å². The third kappa shape index (κ3) is 2.20. The molecule has 3 aromatic rings. The van der Waals surface area contributed by atoms with Gasteiger partial charge in [0.2, 0.25) is 0 Å². The highest BCUT2D eigenvalue weighted by molar-refractivity contribution is 7.17. The van der Waals surface area contributed by atoms with Crippen LogP contribution in [0.4, 0.5) is 8.78 Å². The van der Waals surface area contributed by atoms with E-state index in [1.807, 2.05) is 29.6 Å². The van der Waals surface area contributed by atoms with E-state index in [-0.39, 0.29) is 5.56 Å². The molecule has 1 aromatic heterocycles. The molecule has 1 heterocycles. The maximum atomic E-state index is 13.9. The Morgan fingerprint density at radius 1 is 1.05 bits per heavy atom. The van der Waals surface area contributed by atoms with Gasteiger partial charge in [-0.05, 0) is 40.6 Å². The Hall–Kier alpha value is -1.82. The van der Waals surface area contributed by atoms with Gasteiger partial charge in [-0.1, -0.05) is 18.2 Å². The maximum absolute atomic E-state index is 13.9. The summed E-state index contributed by atoms with van der Waals surface area (Å²) in [5.41, 5.74) is 3.63. The highest BCUT2D eigenvalue weighted by Gasteiger charge is 2.20. The topological polar surface area (TPSA) is 38.0 Å². The van der Waals surface area contributed by atoms with Crippen molar-refractivity contribution in [3.05, 3.63) is 70.6 Å². The van der Waals surface area contributed by atoms with Crippen LogP contribution < -0.4 is 11.3 Å². The molecule has 0 aliphatic carbocycles. The van der Waals surface area contributed by atoms with Crippen LogP contribution in [0, 0.1) is 11.6 Å². The van der Waals surface area contributed by atoms with Crippen LogP contribution in [0.25, 0.3) is 10.1 Å². The van der Waals surface area contributed by atoms with Gasteiger partial charge in [0.25, 0.3) is 0 Å². The lowest BCUT2D eigenvalue weighted by atomic mass is 9.98. The van der Waals surface area contributed by atoms with E-state index in [0.29, 0.717) is 0 Å². The van der Waals surface area contributed by atoms with Crippen molar-refractivity contribution in [2.24, 2.45) is 5.84 Å². The van der Waals surface area contributed by atoms with Gasteiger partial charge in [-0.25, -0.2) is 14.2 Å². The third-order valence-electron chi connectivity index (χ3n) is 3.26. The second-order valence-electron chi connectivity index (χ2n) is 4.45. The van der Waals surface area contributed by atoms with Crippen LogP contribution in [-0.4, -0.2) is 0 Å². The predicted octanol–water partition coefficient (Wildman–Crippen LogP) is 3.73. The Kier molecular flexibility index (Phi) is 3.48. The van der Waals surface area contributed by atoms with Crippen LogP contribution in [-0.2, 0) is 0 Å². The SMILES string of the molecule is NNC(c1cc(F)ccc1F)c1csc2ccccc12. The fourth-order valence-corrected chi connectivity index (χ4v) is 3.29. The van der Waals surface area contributed by atoms with Gasteiger partial charge < -0.3 is 0 Å². The first kappa shape index (κ1) is 13.2. The van der Waals surface area contributed by atoms with E-state index in [9.17, 15) is 8.78 Å². The predicted molar refractivity (Wildman–Crippen MR) is 77.3 cm³/mol. The zero-order valence-electron chi connectivity index (χ0n) is 10.4. The van der Waals surface area contributed by atoms with E-state index < -0.39 is 17.7 Å². The average molecular weight is 290 g/mol. The molecule has 0 fully saturated rings. The van der Waals surface area contributed by atoms with E-state index in [0.717, 1.165) is 27.8 Å². The number of thiophene rings is 1. The summed E-state index contributed by atoms with van der Waals surface area (Å²) in [5.74, 6) is 4.60. The molecule has 2 aromatic carbocycles. The van der Waals surface area contributed by atoms with Crippen LogP contribution in [0.5, 0.6) is 0 Å². The molecule has 20 heavy (non-hydrogen) atoms. The second-order valence-corrected chi connectivity index (χ2v) is 5.36. The molecule has 0 amide bonds. The van der Waals surface area contributed by atoms with Crippen LogP contribution >= 0.6 is 11.3 Å². The van der Waals surface area contributed by atoms with Gasteiger partial charge in [-0.3, -0.25) is 5.84 Å². The van der Waals surface area contributed by atoms with Gasteiger partial charge in [0, 0.05) is 10.3 Å². The fourth-order valence-electron chi connectivity index (χ4n) is 2.30. The molecule has 3 N–H and O–H groups in total. The molecule has 0 spiro atoms. The van der Waals surface area contributed by atoms with Crippen LogP contribution in [0.15, 0.2) is 47.8 Å². The normalized spacial score (nSPS) is 12.8. The molecular weight excluding hydrogens is 278 g/mol. The Labute approximate surface area is 118 Å². The van der Waals surface area contributed by atoms with E-state index in [2.05, 4.69) is 5.43 Å². The molecule has 0 saturated heterocycles. The zero-order valence-corrected chi connectivity index (χ0v) is 11.3. The number of rotatable bonds is 3. The zero-order chi connectivity index (χ0) is 14.1. The van der Waals surface area contributed by atoms with Crippen LogP contribution in [0.1, 0.15) is 17.2 Å². The summed E-state index contributed by atoms with van der Waals surface area (Å²) in [4.78, 5) is 0. The van der Waals surface area contributed by atoms with Gasteiger partial charge in [-0.15, -0.1) is 11.3 Å². The third-order valence-corrected chi connectivity index (χ3v) is 4.24. The highest BCUT2D eigenvalue weighted by atomic mass is 32.1. The molecule has 0 bridgehead atoms. The number of benzene rings is 2. The smallest absolute Gasteiger partial charge is 0.128 e. The average Bonchev–Trinajstić information content (AvgIpc) is 2.88. The quantitative estimate of drug-likeness (QED) is 0.570. The Balaban J connectivity index is 2.16. The molecule has 2 nitrogen and oxygen atoms in total. The van der Waals surface area contributed by atoms with Crippen molar-refractivity contribution in [2.45, 2.75) is 6.04 Å². The molecule has 3 rings (SSSR count). The van der Waals surface area contributed by atoms with Crippen LogP contribution in [0.3, 0.4) is 0 Å². The first-order valence-corrected chi connectivity index (χ1v) is 6.96. The van der Waals surface area contributed by atoms with E-state index in [4.69, 9.17) is 5.84 Å². The van der Waals surface area contributed by atoms with Gasteiger partial charge in [0.1, 0.15) is 11.6 Å². The summed E-state index contributed by atoms with van der Waals surface area (Å²) in [6.07, 6.45) is 0. The minimum absolute atomic E-state index is 0.205. The number of nitrogens with two attached hydrogens (primary N) is 1. The Bertz CT molecular complexity index is 754. The summed E-state index contributed by atoms with van der Waals surface area (Å²) in [5, 5.41) is 2.91. The Morgan fingerprint density at radius 2 is 1.85 bits per heavy atom. The van der Waals surface area contributed by atoms with Crippen molar-refractivity contribution < 1.29 is 8.78 Å². The molecular formula is C15H12F2N2S. The highest BCUT2D eigenvalue weighted by Crippen LogP contribution is 2.34. The lowest BCUT2D eigenvalue weighted by Crippen LogP contribution is -2.29. The number of fused-ring (bicyclic) bond motifs is 1. The number of hydrogen-bond donors (Lipinski definition) is 2. The van der Waals surface area contributed by atoms with Crippen molar-refractivity contribution in [2.75, 3.05) is 0 Å². The molecule has 1 unspecified atom stereocenters. The summed E-state index contributed by atoms with van der Waals surface area (Å²) in [6, 6.07) is 10.6. The second kappa shape index (κ2) is 5.28. The van der Waals surface area contributed by atoms with Gasteiger partial charge in [0.15, 0.2) is 0 Å². The van der Waals surface area contributed by atoms with Gasteiger partial charge in [0.05, 0.1) is 6.04 Å². The minimum Gasteiger partial charge on any atom is -0.271 e. The number of hydrogen-bond acceptors (Lipinski definition) is 3. The molecule has 0 radical (unpaired) electrons. The summed E-state index contributed by atoms with van der Waals surface area (Å²) < 4.78 is 28.4. The van der Waals surface area contributed by atoms with Gasteiger partial charge >= 0.3 is 0 Å². The number of hydrazine groups is 1. The van der Waals surface area contributed by atoms with Crippen molar-refractivity contribution in [1.29, 1.82) is 0 Å². The largest absolute Gasteiger partial charge is 0.271 e. The summed E-state index contributed by atoms with van der Waals surface area (Å²) in [7, 11) is 0. The minimum atomic E-state index is -0.582. The number of halogens is 2. The van der Waals surface area contributed by atoms with E-state index in [1.54, 1.807) is 11.3 Å². The van der Waals surface area contributed by atoms with Crippen molar-refractivity contribution >= 4 is 21.4 Å². The summed E-state index contributed by atoms with van der Waals surface area (Å²) >= 11 is 1.55. The first-order chi connectivity index (χ1) is 9.70. The molecule has 102 valence electrons.